The molecule has 0 radical (unpaired) electrons. The van der Waals surface area contributed by atoms with Crippen molar-refractivity contribution in [3.8, 4) is 22.3 Å². The second kappa shape index (κ2) is 9.67. The SMILES string of the molecule is CCO/C=C1\C(=O)c2c(csc2Oc2ccc(OC)c(OC)c2)CC1C(=O)OCC. The number of methoxy groups -OCH3 is 2. The predicted molar refractivity (Wildman–Crippen MR) is 112 cm³/mol. The Morgan fingerprint density at radius 2 is 1.93 bits per heavy atom. The number of ketones is 1. The van der Waals surface area contributed by atoms with Crippen LogP contribution in [0, 0.1) is 5.92 Å². The minimum absolute atomic E-state index is 0.246. The molecule has 1 aliphatic carbocycles. The van der Waals surface area contributed by atoms with Gasteiger partial charge in [0.05, 0.1) is 45.2 Å². The lowest BCUT2D eigenvalue weighted by Crippen LogP contribution is -2.30. The van der Waals surface area contributed by atoms with Crippen LogP contribution in [0.2, 0.25) is 0 Å². The van der Waals surface area contributed by atoms with Gasteiger partial charge >= 0.3 is 5.97 Å². The van der Waals surface area contributed by atoms with Gasteiger partial charge < -0.3 is 23.7 Å². The van der Waals surface area contributed by atoms with E-state index >= 15 is 0 Å². The van der Waals surface area contributed by atoms with Crippen LogP contribution in [0.25, 0.3) is 0 Å². The van der Waals surface area contributed by atoms with Crippen LogP contribution < -0.4 is 14.2 Å². The lowest BCUT2D eigenvalue weighted by Gasteiger charge is -2.23. The quantitative estimate of drug-likeness (QED) is 0.347. The zero-order chi connectivity index (χ0) is 21.7. The average molecular weight is 432 g/mol. The van der Waals surface area contributed by atoms with E-state index in [0.717, 1.165) is 5.56 Å². The lowest BCUT2D eigenvalue weighted by molar-refractivity contribution is -0.146. The predicted octanol–water partition coefficient (Wildman–Crippen LogP) is 4.40. The van der Waals surface area contributed by atoms with Crippen LogP contribution in [0.15, 0.2) is 35.4 Å². The number of fused-ring (bicyclic) bond motifs is 1. The molecule has 1 unspecified atom stereocenters. The van der Waals surface area contributed by atoms with Gasteiger partial charge in [0, 0.05) is 11.6 Å². The maximum absolute atomic E-state index is 13.3. The molecule has 0 bridgehead atoms. The van der Waals surface area contributed by atoms with Crippen molar-refractivity contribution in [1.82, 2.24) is 0 Å². The molecule has 0 saturated carbocycles. The third kappa shape index (κ3) is 4.28. The van der Waals surface area contributed by atoms with Crippen LogP contribution in [0.1, 0.15) is 29.8 Å². The second-order valence-corrected chi connectivity index (χ2v) is 7.25. The first-order valence-electron chi connectivity index (χ1n) is 9.57. The first-order chi connectivity index (χ1) is 14.5. The molecule has 2 aromatic rings. The summed E-state index contributed by atoms with van der Waals surface area (Å²) in [4.78, 5) is 25.7. The number of thiophene rings is 1. The van der Waals surface area contributed by atoms with Gasteiger partial charge in [0.25, 0.3) is 0 Å². The number of Topliss-reactive ketones (excluding diaryl/α,β-unsaturated/α-hetero) is 1. The number of ether oxygens (including phenoxy) is 5. The normalized spacial score (nSPS) is 16.7. The number of carbonyl (C=O) groups excluding carboxylic acids is 2. The Hall–Kier alpha value is -3.00. The van der Waals surface area contributed by atoms with Crippen LogP contribution in [0.4, 0.5) is 0 Å². The molecular formula is C22H24O7S. The molecule has 0 saturated heterocycles. The van der Waals surface area contributed by atoms with E-state index in [-0.39, 0.29) is 18.0 Å². The van der Waals surface area contributed by atoms with Crippen LogP contribution in [0.3, 0.4) is 0 Å². The molecule has 7 nitrogen and oxygen atoms in total. The smallest absolute Gasteiger partial charge is 0.314 e. The molecule has 0 fully saturated rings. The summed E-state index contributed by atoms with van der Waals surface area (Å²) in [6.07, 6.45) is 1.72. The fourth-order valence-electron chi connectivity index (χ4n) is 3.22. The highest BCUT2D eigenvalue weighted by atomic mass is 32.1. The topological polar surface area (TPSA) is 80.3 Å². The molecule has 8 heteroatoms. The number of rotatable bonds is 8. The number of hydrogen-bond donors (Lipinski definition) is 0. The van der Waals surface area contributed by atoms with Crippen molar-refractivity contribution in [2.24, 2.45) is 5.92 Å². The van der Waals surface area contributed by atoms with E-state index in [9.17, 15) is 9.59 Å². The summed E-state index contributed by atoms with van der Waals surface area (Å²) in [5.74, 6) is 0.183. The molecule has 0 N–H and O–H groups in total. The fourth-order valence-corrected chi connectivity index (χ4v) is 4.17. The van der Waals surface area contributed by atoms with Crippen molar-refractivity contribution in [2.45, 2.75) is 20.3 Å². The van der Waals surface area contributed by atoms with Crippen molar-refractivity contribution in [3.63, 3.8) is 0 Å². The molecule has 0 amide bonds. The molecular weight excluding hydrogens is 408 g/mol. The zero-order valence-corrected chi connectivity index (χ0v) is 18.2. The van der Waals surface area contributed by atoms with E-state index in [1.54, 1.807) is 39.3 Å². The van der Waals surface area contributed by atoms with E-state index in [1.807, 2.05) is 12.3 Å². The number of benzene rings is 1. The largest absolute Gasteiger partial charge is 0.501 e. The Morgan fingerprint density at radius 3 is 2.60 bits per heavy atom. The number of hydrogen-bond acceptors (Lipinski definition) is 8. The van der Waals surface area contributed by atoms with E-state index in [2.05, 4.69) is 0 Å². The molecule has 0 spiro atoms. The molecule has 1 atom stereocenters. The van der Waals surface area contributed by atoms with Crippen molar-refractivity contribution in [3.05, 3.63) is 46.5 Å². The lowest BCUT2D eigenvalue weighted by atomic mass is 9.81. The van der Waals surface area contributed by atoms with Crippen molar-refractivity contribution in [1.29, 1.82) is 0 Å². The van der Waals surface area contributed by atoms with Gasteiger partial charge in [-0.1, -0.05) is 0 Å². The summed E-state index contributed by atoms with van der Waals surface area (Å²) >= 11 is 1.31. The third-order valence-corrected chi connectivity index (χ3v) is 5.54. The zero-order valence-electron chi connectivity index (χ0n) is 17.4. The van der Waals surface area contributed by atoms with E-state index in [1.165, 1.54) is 17.6 Å². The van der Waals surface area contributed by atoms with Crippen LogP contribution >= 0.6 is 11.3 Å². The van der Waals surface area contributed by atoms with Crippen molar-refractivity contribution >= 4 is 23.1 Å². The Bertz CT molecular complexity index is 960. The summed E-state index contributed by atoms with van der Waals surface area (Å²) in [7, 11) is 3.09. The van der Waals surface area contributed by atoms with Gasteiger partial charge in [-0.05, 0) is 43.3 Å². The van der Waals surface area contributed by atoms with Crippen LogP contribution in [-0.4, -0.2) is 39.2 Å². The van der Waals surface area contributed by atoms with E-state index < -0.39 is 11.9 Å². The number of carbonyl (C=O) groups is 2. The van der Waals surface area contributed by atoms with E-state index in [4.69, 9.17) is 23.7 Å². The average Bonchev–Trinajstić information content (AvgIpc) is 3.15. The Kier molecular flexibility index (Phi) is 6.99. The molecule has 1 heterocycles. The first kappa shape index (κ1) is 21.7. The van der Waals surface area contributed by atoms with E-state index in [0.29, 0.717) is 40.9 Å². The van der Waals surface area contributed by atoms with Gasteiger partial charge in [0.2, 0.25) is 0 Å². The van der Waals surface area contributed by atoms with Crippen LogP contribution in [-0.2, 0) is 20.7 Å². The Morgan fingerprint density at radius 1 is 1.17 bits per heavy atom. The minimum Gasteiger partial charge on any atom is -0.501 e. The van der Waals surface area contributed by atoms with Gasteiger partial charge in [-0.15, -0.1) is 11.3 Å². The van der Waals surface area contributed by atoms with Crippen LogP contribution in [0.5, 0.6) is 22.3 Å². The first-order valence-corrected chi connectivity index (χ1v) is 10.4. The molecule has 3 rings (SSSR count). The van der Waals surface area contributed by atoms with Gasteiger partial charge in [-0.3, -0.25) is 9.59 Å². The number of esters is 1. The summed E-state index contributed by atoms with van der Waals surface area (Å²) in [6, 6.07) is 5.16. The summed E-state index contributed by atoms with van der Waals surface area (Å²) in [5.41, 5.74) is 1.48. The maximum Gasteiger partial charge on any atom is 0.314 e. The van der Waals surface area contributed by atoms with Crippen molar-refractivity contribution < 1.29 is 33.3 Å². The highest BCUT2D eigenvalue weighted by molar-refractivity contribution is 7.12. The monoisotopic (exact) mass is 432 g/mol. The molecule has 30 heavy (non-hydrogen) atoms. The summed E-state index contributed by atoms with van der Waals surface area (Å²) in [5, 5.41) is 2.29. The highest BCUT2D eigenvalue weighted by Crippen LogP contribution is 2.43. The molecule has 160 valence electrons. The Balaban J connectivity index is 1.95. The van der Waals surface area contributed by atoms with Gasteiger partial charge in [0.1, 0.15) is 5.75 Å². The fraction of sp³-hybridized carbons (Fsp3) is 0.364. The maximum atomic E-state index is 13.3. The van der Waals surface area contributed by atoms with Gasteiger partial charge in [-0.2, -0.15) is 0 Å². The molecule has 0 aliphatic heterocycles. The molecule has 1 aromatic heterocycles. The molecule has 1 aromatic carbocycles. The summed E-state index contributed by atoms with van der Waals surface area (Å²) in [6.45, 7) is 4.18. The van der Waals surface area contributed by atoms with Crippen molar-refractivity contribution in [2.75, 3.05) is 27.4 Å². The summed E-state index contributed by atoms with van der Waals surface area (Å²) < 4.78 is 27.1. The second-order valence-electron chi connectivity index (χ2n) is 6.41. The Labute approximate surface area is 179 Å². The molecule has 1 aliphatic rings. The third-order valence-electron chi connectivity index (χ3n) is 4.64. The van der Waals surface area contributed by atoms with Gasteiger partial charge in [-0.25, -0.2) is 0 Å². The standard InChI is InChI=1S/C22H24O7S/c1-5-27-11-16-15(21(24)28-6-2)9-13-12-30-22(19(13)20(16)23)29-14-7-8-17(25-3)18(10-14)26-4/h7-8,10-12,15H,5-6,9H2,1-4H3/b16-11-. The van der Waals surface area contributed by atoms with Gasteiger partial charge in [0.15, 0.2) is 22.3 Å². The minimum atomic E-state index is -0.694. The highest BCUT2D eigenvalue weighted by Gasteiger charge is 2.39.